The SMILES string of the molecule is Cc1cc(C)n(C[C@H](C)CNC(=O)CCCc2ccccc2)n1. The molecule has 0 saturated carbocycles. The van der Waals surface area contributed by atoms with Gasteiger partial charge in [-0.05, 0) is 44.2 Å². The molecule has 0 aliphatic rings. The lowest BCUT2D eigenvalue weighted by molar-refractivity contribution is -0.121. The molecular formula is C19H27N3O. The van der Waals surface area contributed by atoms with E-state index in [1.54, 1.807) is 0 Å². The van der Waals surface area contributed by atoms with Crippen molar-refractivity contribution in [2.45, 2.75) is 46.6 Å². The van der Waals surface area contributed by atoms with E-state index in [-0.39, 0.29) is 5.91 Å². The van der Waals surface area contributed by atoms with E-state index >= 15 is 0 Å². The van der Waals surface area contributed by atoms with Gasteiger partial charge in [0.1, 0.15) is 0 Å². The van der Waals surface area contributed by atoms with E-state index in [1.165, 1.54) is 11.3 Å². The number of rotatable bonds is 8. The molecule has 1 atom stereocenters. The minimum absolute atomic E-state index is 0.140. The van der Waals surface area contributed by atoms with Crippen LogP contribution in [0.2, 0.25) is 0 Å². The Labute approximate surface area is 138 Å². The summed E-state index contributed by atoms with van der Waals surface area (Å²) < 4.78 is 2.02. The van der Waals surface area contributed by atoms with E-state index in [1.807, 2.05) is 29.8 Å². The Kier molecular flexibility index (Phi) is 6.39. The molecule has 0 bridgehead atoms. The van der Waals surface area contributed by atoms with Gasteiger partial charge in [0.2, 0.25) is 5.91 Å². The van der Waals surface area contributed by atoms with Crippen molar-refractivity contribution < 1.29 is 4.79 Å². The molecule has 0 spiro atoms. The maximum atomic E-state index is 11.9. The smallest absolute Gasteiger partial charge is 0.220 e. The number of hydrogen-bond acceptors (Lipinski definition) is 2. The number of carbonyl (C=O) groups excluding carboxylic acids is 1. The number of carbonyl (C=O) groups is 1. The van der Waals surface area contributed by atoms with Crippen LogP contribution in [0.5, 0.6) is 0 Å². The molecule has 0 aliphatic carbocycles. The summed E-state index contributed by atoms with van der Waals surface area (Å²) in [6.45, 7) is 7.74. The van der Waals surface area contributed by atoms with E-state index in [9.17, 15) is 4.79 Å². The first-order chi connectivity index (χ1) is 11.0. The van der Waals surface area contributed by atoms with Gasteiger partial charge in [-0.1, -0.05) is 37.3 Å². The van der Waals surface area contributed by atoms with E-state index in [4.69, 9.17) is 0 Å². The average Bonchev–Trinajstić information content (AvgIpc) is 2.84. The minimum Gasteiger partial charge on any atom is -0.356 e. The Balaban J connectivity index is 1.64. The summed E-state index contributed by atoms with van der Waals surface area (Å²) in [5, 5.41) is 7.50. The van der Waals surface area contributed by atoms with Crippen molar-refractivity contribution >= 4 is 5.91 Å². The van der Waals surface area contributed by atoms with Crippen molar-refractivity contribution in [2.24, 2.45) is 5.92 Å². The minimum atomic E-state index is 0.140. The Morgan fingerprint density at radius 1 is 1.26 bits per heavy atom. The molecule has 4 nitrogen and oxygen atoms in total. The van der Waals surface area contributed by atoms with Gasteiger partial charge in [-0.25, -0.2) is 0 Å². The van der Waals surface area contributed by atoms with Crippen molar-refractivity contribution in [2.75, 3.05) is 6.54 Å². The number of hydrogen-bond donors (Lipinski definition) is 1. The fourth-order valence-electron chi connectivity index (χ4n) is 2.69. The van der Waals surface area contributed by atoms with Gasteiger partial charge in [0.15, 0.2) is 0 Å². The van der Waals surface area contributed by atoms with Gasteiger partial charge in [0.25, 0.3) is 0 Å². The number of nitrogens with one attached hydrogen (secondary N) is 1. The first-order valence-corrected chi connectivity index (χ1v) is 8.36. The number of aryl methyl sites for hydroxylation is 3. The first-order valence-electron chi connectivity index (χ1n) is 8.36. The zero-order valence-corrected chi connectivity index (χ0v) is 14.4. The third-order valence-corrected chi connectivity index (χ3v) is 3.95. The number of nitrogens with zero attached hydrogens (tertiary/aromatic N) is 2. The zero-order valence-electron chi connectivity index (χ0n) is 14.4. The largest absolute Gasteiger partial charge is 0.356 e. The fourth-order valence-corrected chi connectivity index (χ4v) is 2.69. The molecule has 1 heterocycles. The van der Waals surface area contributed by atoms with Gasteiger partial charge in [0.05, 0.1) is 5.69 Å². The van der Waals surface area contributed by atoms with Crippen LogP contribution in [-0.4, -0.2) is 22.2 Å². The van der Waals surface area contributed by atoms with E-state index in [0.29, 0.717) is 18.9 Å². The number of aromatic nitrogens is 2. The summed E-state index contributed by atoms with van der Waals surface area (Å²) in [6, 6.07) is 12.4. The molecule has 0 aliphatic heterocycles. The highest BCUT2D eigenvalue weighted by molar-refractivity contribution is 5.75. The lowest BCUT2D eigenvalue weighted by atomic mass is 10.1. The predicted octanol–water partition coefficient (Wildman–Crippen LogP) is 3.28. The van der Waals surface area contributed by atoms with E-state index < -0.39 is 0 Å². The van der Waals surface area contributed by atoms with Crippen molar-refractivity contribution in [1.29, 1.82) is 0 Å². The van der Waals surface area contributed by atoms with Crippen LogP contribution in [0, 0.1) is 19.8 Å². The molecule has 2 rings (SSSR count). The van der Waals surface area contributed by atoms with Gasteiger partial charge in [0, 0.05) is 25.2 Å². The standard InChI is InChI=1S/C19H27N3O/c1-15(14-22-17(3)12-16(2)21-22)13-20-19(23)11-7-10-18-8-5-4-6-9-18/h4-6,8-9,12,15H,7,10-11,13-14H2,1-3H3,(H,20,23)/t15-/m1/s1. The average molecular weight is 313 g/mol. The zero-order chi connectivity index (χ0) is 16.7. The predicted molar refractivity (Wildman–Crippen MR) is 93.3 cm³/mol. The van der Waals surface area contributed by atoms with Gasteiger partial charge in [-0.2, -0.15) is 5.10 Å². The molecule has 2 aromatic rings. The quantitative estimate of drug-likeness (QED) is 0.813. The first kappa shape index (κ1) is 17.3. The summed E-state index contributed by atoms with van der Waals surface area (Å²) in [5.74, 6) is 0.507. The summed E-state index contributed by atoms with van der Waals surface area (Å²) >= 11 is 0. The summed E-state index contributed by atoms with van der Waals surface area (Å²) in [5.41, 5.74) is 3.50. The molecule has 1 aromatic carbocycles. The van der Waals surface area contributed by atoms with Crippen molar-refractivity contribution in [3.63, 3.8) is 0 Å². The lowest BCUT2D eigenvalue weighted by Gasteiger charge is -2.14. The third-order valence-electron chi connectivity index (χ3n) is 3.95. The highest BCUT2D eigenvalue weighted by Gasteiger charge is 2.09. The van der Waals surface area contributed by atoms with Gasteiger partial charge >= 0.3 is 0 Å². The Bertz CT molecular complexity index is 619. The van der Waals surface area contributed by atoms with Crippen LogP contribution in [-0.2, 0) is 17.8 Å². The summed E-state index contributed by atoms with van der Waals surface area (Å²) in [4.78, 5) is 11.9. The fraction of sp³-hybridized carbons (Fsp3) is 0.474. The summed E-state index contributed by atoms with van der Waals surface area (Å²) in [6.07, 6.45) is 2.43. The molecule has 0 radical (unpaired) electrons. The molecule has 23 heavy (non-hydrogen) atoms. The van der Waals surface area contributed by atoms with E-state index in [2.05, 4.69) is 42.5 Å². The molecular weight excluding hydrogens is 286 g/mol. The lowest BCUT2D eigenvalue weighted by Crippen LogP contribution is -2.30. The van der Waals surface area contributed by atoms with Crippen LogP contribution in [0.4, 0.5) is 0 Å². The Morgan fingerprint density at radius 2 is 2.00 bits per heavy atom. The second kappa shape index (κ2) is 8.51. The number of amides is 1. The molecule has 124 valence electrons. The molecule has 0 saturated heterocycles. The van der Waals surface area contributed by atoms with Crippen LogP contribution < -0.4 is 5.32 Å². The summed E-state index contributed by atoms with van der Waals surface area (Å²) in [7, 11) is 0. The maximum Gasteiger partial charge on any atom is 0.220 e. The van der Waals surface area contributed by atoms with Gasteiger partial charge < -0.3 is 5.32 Å². The molecule has 1 N–H and O–H groups in total. The van der Waals surface area contributed by atoms with Crippen molar-refractivity contribution in [3.8, 4) is 0 Å². The molecule has 0 unspecified atom stereocenters. The normalized spacial score (nSPS) is 12.1. The van der Waals surface area contributed by atoms with Crippen LogP contribution in [0.25, 0.3) is 0 Å². The monoisotopic (exact) mass is 313 g/mol. The third kappa shape index (κ3) is 5.89. The molecule has 1 aromatic heterocycles. The van der Waals surface area contributed by atoms with Crippen molar-refractivity contribution in [1.82, 2.24) is 15.1 Å². The Hall–Kier alpha value is -2.10. The van der Waals surface area contributed by atoms with Gasteiger partial charge in [-0.3, -0.25) is 9.48 Å². The maximum absolute atomic E-state index is 11.9. The number of benzene rings is 1. The van der Waals surface area contributed by atoms with Crippen molar-refractivity contribution in [3.05, 3.63) is 53.3 Å². The second-order valence-corrected chi connectivity index (χ2v) is 6.36. The Morgan fingerprint density at radius 3 is 2.65 bits per heavy atom. The van der Waals surface area contributed by atoms with E-state index in [0.717, 1.165) is 25.1 Å². The highest BCUT2D eigenvalue weighted by atomic mass is 16.1. The van der Waals surface area contributed by atoms with Gasteiger partial charge in [-0.15, -0.1) is 0 Å². The van der Waals surface area contributed by atoms with Crippen LogP contribution in [0.3, 0.4) is 0 Å². The topological polar surface area (TPSA) is 46.9 Å². The second-order valence-electron chi connectivity index (χ2n) is 6.36. The van der Waals surface area contributed by atoms with Crippen LogP contribution in [0.15, 0.2) is 36.4 Å². The molecule has 0 fully saturated rings. The highest BCUT2D eigenvalue weighted by Crippen LogP contribution is 2.07. The van der Waals surface area contributed by atoms with Crippen LogP contribution >= 0.6 is 0 Å². The molecule has 4 heteroatoms. The van der Waals surface area contributed by atoms with Crippen LogP contribution in [0.1, 0.15) is 36.7 Å². The molecule has 1 amide bonds.